The minimum absolute atomic E-state index is 0.134. The Morgan fingerprint density at radius 2 is 1.95 bits per heavy atom. The smallest absolute Gasteiger partial charge is 0.263 e. The Hall–Kier alpha value is -1.22. The second-order valence-electron chi connectivity index (χ2n) is 5.30. The summed E-state index contributed by atoms with van der Waals surface area (Å²) in [4.78, 5) is 14.4. The summed E-state index contributed by atoms with van der Waals surface area (Å²) < 4.78 is 5.77. The molecule has 2 aliphatic heterocycles. The van der Waals surface area contributed by atoms with Gasteiger partial charge in [0.1, 0.15) is 5.75 Å². The second kappa shape index (κ2) is 5.41. The van der Waals surface area contributed by atoms with Gasteiger partial charge in [-0.25, -0.2) is 0 Å². The molecular formula is C15H18ClNO2. The minimum Gasteiger partial charge on any atom is -0.480 e. The van der Waals surface area contributed by atoms with E-state index in [4.69, 9.17) is 16.3 Å². The molecule has 2 aliphatic rings. The number of carbonyl (C=O) groups is 1. The van der Waals surface area contributed by atoms with Crippen LogP contribution in [0.15, 0.2) is 18.2 Å². The van der Waals surface area contributed by atoms with Crippen molar-refractivity contribution in [1.29, 1.82) is 0 Å². The molecule has 0 aliphatic carbocycles. The Labute approximate surface area is 118 Å². The molecule has 1 aromatic rings. The van der Waals surface area contributed by atoms with Gasteiger partial charge in [-0.05, 0) is 36.6 Å². The van der Waals surface area contributed by atoms with Crippen molar-refractivity contribution in [3.05, 3.63) is 28.8 Å². The summed E-state index contributed by atoms with van der Waals surface area (Å²) in [6.07, 6.45) is 4.96. The van der Waals surface area contributed by atoms with Crippen LogP contribution in [0.2, 0.25) is 5.02 Å². The molecule has 0 saturated carbocycles. The number of hydrogen-bond donors (Lipinski definition) is 0. The van der Waals surface area contributed by atoms with Crippen molar-refractivity contribution >= 4 is 17.5 Å². The second-order valence-corrected chi connectivity index (χ2v) is 5.74. The van der Waals surface area contributed by atoms with E-state index in [-0.39, 0.29) is 12.0 Å². The minimum atomic E-state index is -0.355. The predicted octanol–water partition coefficient (Wildman–Crippen LogP) is 3.05. The summed E-state index contributed by atoms with van der Waals surface area (Å²) in [5, 5.41) is 0.699. The van der Waals surface area contributed by atoms with Crippen LogP contribution < -0.4 is 4.74 Å². The highest BCUT2D eigenvalue weighted by molar-refractivity contribution is 6.30. The van der Waals surface area contributed by atoms with Gasteiger partial charge in [0.05, 0.1) is 0 Å². The van der Waals surface area contributed by atoms with Gasteiger partial charge in [-0.15, -0.1) is 0 Å². The van der Waals surface area contributed by atoms with Gasteiger partial charge >= 0.3 is 0 Å². The summed E-state index contributed by atoms with van der Waals surface area (Å²) in [5.41, 5.74) is 1.04. The number of hydrogen-bond acceptors (Lipinski definition) is 2. The SMILES string of the molecule is O=C(C1Cc2cc(Cl)ccc2O1)N1CCCCCC1. The normalized spacial score (nSPS) is 22.6. The molecule has 1 unspecified atom stereocenters. The number of fused-ring (bicyclic) bond motifs is 1. The molecule has 0 spiro atoms. The third kappa shape index (κ3) is 2.71. The Morgan fingerprint density at radius 3 is 2.68 bits per heavy atom. The number of amides is 1. The number of nitrogens with zero attached hydrogens (tertiary/aromatic N) is 1. The van der Waals surface area contributed by atoms with Crippen molar-refractivity contribution in [2.45, 2.75) is 38.2 Å². The van der Waals surface area contributed by atoms with Crippen LogP contribution in [0.25, 0.3) is 0 Å². The summed E-state index contributed by atoms with van der Waals surface area (Å²) in [7, 11) is 0. The van der Waals surface area contributed by atoms with Crippen LogP contribution in [-0.4, -0.2) is 30.0 Å². The van der Waals surface area contributed by atoms with Gasteiger partial charge in [-0.2, -0.15) is 0 Å². The van der Waals surface area contributed by atoms with E-state index in [0.717, 1.165) is 37.2 Å². The number of halogens is 1. The average molecular weight is 280 g/mol. The summed E-state index contributed by atoms with van der Waals surface area (Å²) in [6, 6.07) is 5.55. The summed E-state index contributed by atoms with van der Waals surface area (Å²) >= 11 is 5.97. The largest absolute Gasteiger partial charge is 0.480 e. The zero-order valence-corrected chi connectivity index (χ0v) is 11.7. The van der Waals surface area contributed by atoms with Crippen LogP contribution in [0, 0.1) is 0 Å². The molecule has 0 bridgehead atoms. The molecule has 0 radical (unpaired) electrons. The van der Waals surface area contributed by atoms with E-state index >= 15 is 0 Å². The first kappa shape index (κ1) is 12.8. The fraction of sp³-hybridized carbons (Fsp3) is 0.533. The van der Waals surface area contributed by atoms with Crippen LogP contribution in [0.4, 0.5) is 0 Å². The molecule has 0 aromatic heterocycles. The molecule has 0 N–H and O–H groups in total. The van der Waals surface area contributed by atoms with E-state index in [1.165, 1.54) is 12.8 Å². The van der Waals surface area contributed by atoms with E-state index in [9.17, 15) is 4.79 Å². The third-order valence-corrected chi connectivity index (χ3v) is 4.13. The lowest BCUT2D eigenvalue weighted by atomic mass is 10.1. The molecule has 1 aromatic carbocycles. The van der Waals surface area contributed by atoms with Gasteiger partial charge in [0, 0.05) is 24.5 Å². The third-order valence-electron chi connectivity index (χ3n) is 3.89. The van der Waals surface area contributed by atoms with E-state index in [0.29, 0.717) is 11.4 Å². The Balaban J connectivity index is 1.69. The first-order chi connectivity index (χ1) is 9.24. The predicted molar refractivity (Wildman–Crippen MR) is 74.6 cm³/mol. The standard InChI is InChI=1S/C15H18ClNO2/c16-12-5-6-13-11(9-12)10-14(19-13)15(18)17-7-3-1-2-4-8-17/h5-6,9,14H,1-4,7-8,10H2. The lowest BCUT2D eigenvalue weighted by Gasteiger charge is -2.23. The van der Waals surface area contributed by atoms with E-state index in [2.05, 4.69) is 0 Å². The fourth-order valence-corrected chi connectivity index (χ4v) is 3.04. The van der Waals surface area contributed by atoms with Crippen molar-refractivity contribution in [2.75, 3.05) is 13.1 Å². The zero-order valence-electron chi connectivity index (χ0n) is 10.9. The van der Waals surface area contributed by atoms with Gasteiger partial charge in [-0.1, -0.05) is 24.4 Å². The summed E-state index contributed by atoms with van der Waals surface area (Å²) in [5.74, 6) is 0.937. The monoisotopic (exact) mass is 279 g/mol. The molecule has 102 valence electrons. The number of benzene rings is 1. The molecule has 1 saturated heterocycles. The van der Waals surface area contributed by atoms with Crippen LogP contribution in [0.5, 0.6) is 5.75 Å². The first-order valence-electron chi connectivity index (χ1n) is 6.98. The average Bonchev–Trinajstić information content (AvgIpc) is 2.64. The van der Waals surface area contributed by atoms with Crippen LogP contribution >= 0.6 is 11.6 Å². The highest BCUT2D eigenvalue weighted by Crippen LogP contribution is 2.32. The summed E-state index contributed by atoms with van der Waals surface area (Å²) in [6.45, 7) is 1.74. The Bertz CT molecular complexity index is 481. The van der Waals surface area contributed by atoms with E-state index in [1.54, 1.807) is 6.07 Å². The van der Waals surface area contributed by atoms with Gasteiger partial charge in [-0.3, -0.25) is 4.79 Å². The Kier molecular flexibility index (Phi) is 3.65. The highest BCUT2D eigenvalue weighted by Gasteiger charge is 2.32. The van der Waals surface area contributed by atoms with Crippen molar-refractivity contribution < 1.29 is 9.53 Å². The van der Waals surface area contributed by atoms with Crippen LogP contribution in [0.1, 0.15) is 31.2 Å². The van der Waals surface area contributed by atoms with Crippen molar-refractivity contribution in [2.24, 2.45) is 0 Å². The first-order valence-corrected chi connectivity index (χ1v) is 7.36. The van der Waals surface area contributed by atoms with Gasteiger partial charge in [0.15, 0.2) is 6.10 Å². The maximum Gasteiger partial charge on any atom is 0.263 e. The van der Waals surface area contributed by atoms with Gasteiger partial charge < -0.3 is 9.64 Å². The fourth-order valence-electron chi connectivity index (χ4n) is 2.85. The molecule has 4 heteroatoms. The molecule has 3 rings (SSSR count). The van der Waals surface area contributed by atoms with Crippen LogP contribution in [-0.2, 0) is 11.2 Å². The lowest BCUT2D eigenvalue weighted by Crippen LogP contribution is -2.41. The quantitative estimate of drug-likeness (QED) is 0.791. The van der Waals surface area contributed by atoms with E-state index < -0.39 is 0 Å². The number of ether oxygens (including phenoxy) is 1. The molecule has 1 atom stereocenters. The van der Waals surface area contributed by atoms with Gasteiger partial charge in [0.2, 0.25) is 0 Å². The Morgan fingerprint density at radius 1 is 1.21 bits per heavy atom. The molecule has 3 nitrogen and oxygen atoms in total. The van der Waals surface area contributed by atoms with Crippen molar-refractivity contribution in [1.82, 2.24) is 4.90 Å². The van der Waals surface area contributed by atoms with Crippen molar-refractivity contribution in [3.8, 4) is 5.75 Å². The zero-order chi connectivity index (χ0) is 13.2. The van der Waals surface area contributed by atoms with Gasteiger partial charge in [0.25, 0.3) is 5.91 Å². The molecule has 1 fully saturated rings. The number of likely N-dealkylation sites (tertiary alicyclic amines) is 1. The maximum absolute atomic E-state index is 12.5. The lowest BCUT2D eigenvalue weighted by molar-refractivity contribution is -0.137. The highest BCUT2D eigenvalue weighted by atomic mass is 35.5. The van der Waals surface area contributed by atoms with E-state index in [1.807, 2.05) is 17.0 Å². The topological polar surface area (TPSA) is 29.5 Å². The molecular weight excluding hydrogens is 262 g/mol. The van der Waals surface area contributed by atoms with Crippen LogP contribution in [0.3, 0.4) is 0 Å². The molecule has 19 heavy (non-hydrogen) atoms. The molecule has 2 heterocycles. The maximum atomic E-state index is 12.5. The van der Waals surface area contributed by atoms with Crippen molar-refractivity contribution in [3.63, 3.8) is 0 Å². The number of rotatable bonds is 1. The number of carbonyl (C=O) groups excluding carboxylic acids is 1. The molecule has 1 amide bonds.